The highest BCUT2D eigenvalue weighted by molar-refractivity contribution is 6.40. The molecule has 0 fully saturated rings. The van der Waals surface area contributed by atoms with Crippen LogP contribution in [0.15, 0.2) is 0 Å². The number of nitrogens with two attached hydrogens (primary N) is 1. The molecule has 135 valence electrons. The van der Waals surface area contributed by atoms with Crippen molar-refractivity contribution in [1.82, 2.24) is 16.0 Å². The van der Waals surface area contributed by atoms with Crippen molar-refractivity contribution >= 4 is 29.4 Å². The third-order valence-corrected chi connectivity index (χ3v) is 2.92. The quantitative estimate of drug-likeness (QED) is 0.0979. The van der Waals surface area contributed by atoms with Crippen LogP contribution in [0.1, 0.15) is 25.7 Å². The second-order valence-electron chi connectivity index (χ2n) is 5.02. The Balaban J connectivity index is 4.34. The average molecular weight is 342 g/mol. The summed E-state index contributed by atoms with van der Waals surface area (Å²) in [4.78, 5) is 46.0. The molecule has 0 saturated heterocycles. The number of aliphatic carboxylic acids is 1. The van der Waals surface area contributed by atoms with Crippen molar-refractivity contribution in [2.45, 2.75) is 31.7 Å². The molecular weight excluding hydrogens is 318 g/mol. The number of carboxylic acid groups (broad SMARTS) is 1. The molecule has 0 aromatic rings. The van der Waals surface area contributed by atoms with E-state index in [9.17, 15) is 19.2 Å². The van der Waals surface area contributed by atoms with Crippen molar-refractivity contribution in [3.63, 3.8) is 0 Å². The summed E-state index contributed by atoms with van der Waals surface area (Å²) >= 11 is 0. The average Bonchev–Trinajstić information content (AvgIpc) is 2.48. The smallest absolute Gasteiger partial charge is 0.310 e. The van der Waals surface area contributed by atoms with Gasteiger partial charge in [-0.25, -0.2) is 0 Å². The maximum atomic E-state index is 12.0. The zero-order valence-corrected chi connectivity index (χ0v) is 13.6. The SMILES string of the molecule is CNCC(=O)N[C@@H]([CH]C(=O)O)C(=O)C(=O)CCCCCNC(=N)N. The van der Waals surface area contributed by atoms with Crippen LogP contribution in [0.25, 0.3) is 0 Å². The Kier molecular flexibility index (Phi) is 10.8. The fourth-order valence-corrected chi connectivity index (χ4v) is 1.82. The summed E-state index contributed by atoms with van der Waals surface area (Å²) in [6.07, 6.45) is 2.30. The predicted molar refractivity (Wildman–Crippen MR) is 86.2 cm³/mol. The van der Waals surface area contributed by atoms with Gasteiger partial charge in [0.1, 0.15) is 12.5 Å². The molecule has 0 saturated carbocycles. The largest absolute Gasteiger partial charge is 0.481 e. The second kappa shape index (κ2) is 12.0. The summed E-state index contributed by atoms with van der Waals surface area (Å²) in [5.74, 6) is -3.81. The van der Waals surface area contributed by atoms with E-state index >= 15 is 0 Å². The molecule has 0 aromatic carbocycles. The fourth-order valence-electron chi connectivity index (χ4n) is 1.82. The van der Waals surface area contributed by atoms with E-state index in [0.29, 0.717) is 32.2 Å². The molecule has 0 spiro atoms. The summed E-state index contributed by atoms with van der Waals surface area (Å²) in [5.41, 5.74) is 5.11. The molecule has 0 aliphatic heterocycles. The number of Topliss-reactive ketones (excluding diaryl/α,β-unsaturated/α-hetero) is 2. The van der Waals surface area contributed by atoms with Crippen molar-refractivity contribution in [2.75, 3.05) is 20.1 Å². The predicted octanol–water partition coefficient (Wildman–Crippen LogP) is -1.84. The van der Waals surface area contributed by atoms with Crippen LogP contribution in [-0.4, -0.2) is 60.7 Å². The zero-order valence-electron chi connectivity index (χ0n) is 13.6. The summed E-state index contributed by atoms with van der Waals surface area (Å²) in [6, 6.07) is -1.48. The minimum atomic E-state index is -1.48. The minimum Gasteiger partial charge on any atom is -0.481 e. The molecule has 24 heavy (non-hydrogen) atoms. The standard InChI is InChI=1S/C14H24N5O5/c1-17-8-11(21)19-9(7-12(22)23)13(24)10(20)5-3-2-4-6-18-14(15)16/h7,9,17H,2-6,8H2,1H3,(H,19,21)(H,22,23)(H4,15,16,18)/t9-/m0/s1. The van der Waals surface area contributed by atoms with E-state index in [-0.39, 0.29) is 18.9 Å². The van der Waals surface area contributed by atoms with Gasteiger partial charge in [-0.1, -0.05) is 6.42 Å². The van der Waals surface area contributed by atoms with E-state index in [1.165, 1.54) is 7.05 Å². The number of hydrogen-bond donors (Lipinski definition) is 6. The molecule has 0 aromatic heterocycles. The number of likely N-dealkylation sites (N-methyl/N-ethyl adjacent to an activating group) is 1. The van der Waals surface area contributed by atoms with Gasteiger partial charge in [0.25, 0.3) is 0 Å². The minimum absolute atomic E-state index is 0.0369. The van der Waals surface area contributed by atoms with E-state index in [0.717, 1.165) is 0 Å². The summed E-state index contributed by atoms with van der Waals surface area (Å²) in [6.45, 7) is 0.390. The molecule has 1 radical (unpaired) electrons. The lowest BCUT2D eigenvalue weighted by molar-refractivity contribution is -0.140. The molecular formula is C14H24N5O5. The van der Waals surface area contributed by atoms with Crippen molar-refractivity contribution in [2.24, 2.45) is 5.73 Å². The number of carbonyl (C=O) groups is 4. The van der Waals surface area contributed by atoms with Gasteiger partial charge in [0, 0.05) is 13.0 Å². The topological polar surface area (TPSA) is 174 Å². The summed E-state index contributed by atoms with van der Waals surface area (Å²) in [5, 5.41) is 23.1. The van der Waals surface area contributed by atoms with Crippen LogP contribution in [0, 0.1) is 11.8 Å². The van der Waals surface area contributed by atoms with Crippen molar-refractivity contribution in [3.05, 3.63) is 6.42 Å². The van der Waals surface area contributed by atoms with Gasteiger partial charge in [-0.2, -0.15) is 0 Å². The first kappa shape index (κ1) is 21.5. The number of hydrogen-bond acceptors (Lipinski definition) is 6. The first-order valence-electron chi connectivity index (χ1n) is 7.44. The van der Waals surface area contributed by atoms with Crippen molar-refractivity contribution < 1.29 is 24.3 Å². The molecule has 0 rings (SSSR count). The van der Waals surface area contributed by atoms with Gasteiger partial charge in [0.05, 0.1) is 6.54 Å². The van der Waals surface area contributed by atoms with E-state index in [1.807, 2.05) is 0 Å². The lowest BCUT2D eigenvalue weighted by Crippen LogP contribution is -2.47. The second-order valence-corrected chi connectivity index (χ2v) is 5.02. The molecule has 0 heterocycles. The third kappa shape index (κ3) is 10.3. The van der Waals surface area contributed by atoms with E-state index in [2.05, 4.69) is 16.0 Å². The highest BCUT2D eigenvalue weighted by Gasteiger charge is 2.28. The van der Waals surface area contributed by atoms with Gasteiger partial charge >= 0.3 is 5.97 Å². The Morgan fingerprint density at radius 1 is 1.21 bits per heavy atom. The molecule has 0 bridgehead atoms. The Bertz CT molecular complexity index is 480. The van der Waals surface area contributed by atoms with Crippen LogP contribution < -0.4 is 21.7 Å². The molecule has 1 amide bonds. The summed E-state index contributed by atoms with van der Waals surface area (Å²) < 4.78 is 0. The number of guanidine groups is 1. The fraction of sp³-hybridized carbons (Fsp3) is 0.571. The molecule has 0 unspecified atom stereocenters. The highest BCUT2D eigenvalue weighted by atomic mass is 16.4. The number of nitrogens with one attached hydrogen (secondary N) is 4. The van der Waals surface area contributed by atoms with Crippen LogP contribution in [0.3, 0.4) is 0 Å². The molecule has 7 N–H and O–H groups in total. The van der Waals surface area contributed by atoms with Crippen molar-refractivity contribution in [1.29, 1.82) is 5.41 Å². The number of unbranched alkanes of at least 4 members (excludes halogenated alkanes) is 2. The lowest BCUT2D eigenvalue weighted by Gasteiger charge is -2.14. The van der Waals surface area contributed by atoms with Gasteiger partial charge in [-0.15, -0.1) is 0 Å². The number of carbonyl (C=O) groups excluding carboxylic acids is 3. The Hall–Kier alpha value is -2.49. The van der Waals surface area contributed by atoms with Crippen LogP contribution in [0.2, 0.25) is 0 Å². The van der Waals surface area contributed by atoms with Gasteiger partial charge in [0.15, 0.2) is 5.96 Å². The van der Waals surface area contributed by atoms with Gasteiger partial charge in [-0.05, 0) is 19.9 Å². The molecule has 0 aliphatic rings. The molecule has 10 nitrogen and oxygen atoms in total. The van der Waals surface area contributed by atoms with E-state index in [4.69, 9.17) is 16.2 Å². The van der Waals surface area contributed by atoms with Gasteiger partial charge < -0.3 is 26.8 Å². The van der Waals surface area contributed by atoms with E-state index < -0.39 is 29.5 Å². The number of ketones is 2. The summed E-state index contributed by atoms with van der Waals surface area (Å²) in [7, 11) is 1.52. The lowest BCUT2D eigenvalue weighted by atomic mass is 10.0. The van der Waals surface area contributed by atoms with E-state index in [1.54, 1.807) is 0 Å². The monoisotopic (exact) mass is 342 g/mol. The molecule has 10 heteroatoms. The van der Waals surface area contributed by atoms with Crippen molar-refractivity contribution in [3.8, 4) is 0 Å². The molecule has 1 atom stereocenters. The van der Waals surface area contributed by atoms with Crippen LogP contribution >= 0.6 is 0 Å². The maximum Gasteiger partial charge on any atom is 0.310 e. The first-order valence-corrected chi connectivity index (χ1v) is 7.44. The third-order valence-electron chi connectivity index (χ3n) is 2.92. The van der Waals surface area contributed by atoms with Crippen LogP contribution in [-0.2, 0) is 19.2 Å². The normalized spacial score (nSPS) is 11.4. The van der Waals surface area contributed by atoms with Crippen LogP contribution in [0.5, 0.6) is 0 Å². The molecule has 0 aliphatic carbocycles. The Labute approximate surface area is 140 Å². The number of carboxylic acids is 1. The highest BCUT2D eigenvalue weighted by Crippen LogP contribution is 2.04. The maximum absolute atomic E-state index is 12.0. The van der Waals surface area contributed by atoms with Crippen LogP contribution in [0.4, 0.5) is 0 Å². The number of amides is 1. The Morgan fingerprint density at radius 2 is 1.88 bits per heavy atom. The first-order chi connectivity index (χ1) is 11.3. The van der Waals surface area contributed by atoms with Gasteiger partial charge in [-0.3, -0.25) is 24.6 Å². The zero-order chi connectivity index (χ0) is 18.5. The number of rotatable bonds is 13. The van der Waals surface area contributed by atoms with Gasteiger partial charge in [0.2, 0.25) is 17.5 Å². The Morgan fingerprint density at radius 3 is 2.42 bits per heavy atom.